The van der Waals surface area contributed by atoms with Crippen molar-refractivity contribution in [3.05, 3.63) is 33.8 Å². The average molecular weight is 329 g/mol. The summed E-state index contributed by atoms with van der Waals surface area (Å²) in [6.07, 6.45) is 9.42. The van der Waals surface area contributed by atoms with E-state index in [1.165, 1.54) is 18.9 Å². The first kappa shape index (κ1) is 16.2. The second-order valence-electron chi connectivity index (χ2n) is 5.21. The summed E-state index contributed by atoms with van der Waals surface area (Å²) >= 11 is 12.2. The highest BCUT2D eigenvalue weighted by Crippen LogP contribution is 2.35. The molecule has 0 aliphatic heterocycles. The quantitative estimate of drug-likeness (QED) is 0.610. The molecular formula is C16H18Cl2O3. The summed E-state index contributed by atoms with van der Waals surface area (Å²) in [5, 5.41) is 9.64. The van der Waals surface area contributed by atoms with E-state index in [0.29, 0.717) is 21.4 Å². The molecule has 5 heteroatoms. The smallest absolute Gasteiger partial charge is 0.328 e. The fourth-order valence-corrected chi connectivity index (χ4v) is 3.07. The third kappa shape index (κ3) is 4.94. The summed E-state index contributed by atoms with van der Waals surface area (Å²) in [6.45, 7) is 0. The number of hydrogen-bond acceptors (Lipinski definition) is 2. The van der Waals surface area contributed by atoms with Crippen molar-refractivity contribution < 1.29 is 14.6 Å². The van der Waals surface area contributed by atoms with Crippen LogP contribution in [0.2, 0.25) is 10.0 Å². The van der Waals surface area contributed by atoms with E-state index in [1.807, 2.05) is 0 Å². The van der Waals surface area contributed by atoms with Crippen molar-refractivity contribution in [1.29, 1.82) is 0 Å². The minimum Gasteiger partial charge on any atom is -0.488 e. The molecule has 1 aliphatic carbocycles. The van der Waals surface area contributed by atoms with E-state index in [1.54, 1.807) is 12.1 Å². The van der Waals surface area contributed by atoms with Crippen LogP contribution in [0.5, 0.6) is 5.75 Å². The zero-order valence-electron chi connectivity index (χ0n) is 11.6. The minimum absolute atomic E-state index is 0.128. The summed E-state index contributed by atoms with van der Waals surface area (Å²) in [4.78, 5) is 10.7. The third-order valence-electron chi connectivity index (χ3n) is 3.53. The molecule has 0 aromatic heterocycles. The van der Waals surface area contributed by atoms with Crippen LogP contribution in [0.25, 0.3) is 6.08 Å². The van der Waals surface area contributed by atoms with Gasteiger partial charge in [-0.25, -0.2) is 4.79 Å². The SMILES string of the molecule is O=C(O)/C=C/c1cc(Cl)cc(Cl)c1OC1CCCCCC1. The van der Waals surface area contributed by atoms with E-state index < -0.39 is 5.97 Å². The van der Waals surface area contributed by atoms with Crippen LogP contribution in [0.4, 0.5) is 0 Å². The van der Waals surface area contributed by atoms with Gasteiger partial charge in [0.2, 0.25) is 0 Å². The zero-order chi connectivity index (χ0) is 15.2. The molecule has 0 bridgehead atoms. The van der Waals surface area contributed by atoms with Crippen molar-refractivity contribution in [2.75, 3.05) is 0 Å². The molecule has 0 saturated heterocycles. The van der Waals surface area contributed by atoms with Gasteiger partial charge in [-0.3, -0.25) is 0 Å². The van der Waals surface area contributed by atoms with E-state index in [0.717, 1.165) is 31.8 Å². The van der Waals surface area contributed by atoms with Crippen LogP contribution < -0.4 is 4.74 Å². The van der Waals surface area contributed by atoms with Crippen LogP contribution in [0.15, 0.2) is 18.2 Å². The van der Waals surface area contributed by atoms with Gasteiger partial charge in [0.05, 0.1) is 11.1 Å². The van der Waals surface area contributed by atoms with Crippen molar-refractivity contribution in [2.24, 2.45) is 0 Å². The fourth-order valence-electron chi connectivity index (χ4n) is 2.52. The Kier molecular flexibility index (Phi) is 5.95. The van der Waals surface area contributed by atoms with Gasteiger partial charge in [0.1, 0.15) is 5.75 Å². The first-order valence-corrected chi connectivity index (χ1v) is 7.88. The molecule has 1 N–H and O–H groups in total. The Morgan fingerprint density at radius 2 is 1.86 bits per heavy atom. The monoisotopic (exact) mass is 328 g/mol. The fraction of sp³-hybridized carbons (Fsp3) is 0.438. The first-order valence-electron chi connectivity index (χ1n) is 7.13. The Bertz CT molecular complexity index is 533. The van der Waals surface area contributed by atoms with Gasteiger partial charge in [-0.05, 0) is 43.9 Å². The number of rotatable bonds is 4. The normalized spacial score (nSPS) is 16.9. The predicted molar refractivity (Wildman–Crippen MR) is 85.2 cm³/mol. The van der Waals surface area contributed by atoms with E-state index in [9.17, 15) is 4.79 Å². The number of aliphatic carboxylic acids is 1. The molecule has 1 aromatic carbocycles. The van der Waals surface area contributed by atoms with Gasteiger partial charge in [0.25, 0.3) is 0 Å². The zero-order valence-corrected chi connectivity index (χ0v) is 13.2. The molecule has 0 spiro atoms. The van der Waals surface area contributed by atoms with Crippen LogP contribution in [0.1, 0.15) is 44.1 Å². The summed E-state index contributed by atoms with van der Waals surface area (Å²) in [5.41, 5.74) is 0.596. The van der Waals surface area contributed by atoms with Gasteiger partial charge >= 0.3 is 5.97 Å². The molecule has 1 aromatic rings. The topological polar surface area (TPSA) is 46.5 Å². The van der Waals surface area contributed by atoms with Crippen molar-refractivity contribution in [1.82, 2.24) is 0 Å². The lowest BCUT2D eigenvalue weighted by molar-refractivity contribution is -0.131. The molecular weight excluding hydrogens is 311 g/mol. The Balaban J connectivity index is 2.25. The van der Waals surface area contributed by atoms with Gasteiger partial charge in [-0.15, -0.1) is 0 Å². The molecule has 0 unspecified atom stereocenters. The highest BCUT2D eigenvalue weighted by atomic mass is 35.5. The van der Waals surface area contributed by atoms with Crippen LogP contribution in [0, 0.1) is 0 Å². The average Bonchev–Trinajstić information content (AvgIpc) is 2.68. The Hall–Kier alpha value is -1.19. The number of halogens is 2. The van der Waals surface area contributed by atoms with Gasteiger partial charge < -0.3 is 9.84 Å². The maximum absolute atomic E-state index is 10.7. The second kappa shape index (κ2) is 7.71. The van der Waals surface area contributed by atoms with Crippen LogP contribution in [-0.4, -0.2) is 17.2 Å². The number of carbonyl (C=O) groups is 1. The number of hydrogen-bond donors (Lipinski definition) is 1. The molecule has 21 heavy (non-hydrogen) atoms. The number of carboxylic acids is 1. The summed E-state index contributed by atoms with van der Waals surface area (Å²) < 4.78 is 6.05. The summed E-state index contributed by atoms with van der Waals surface area (Å²) in [6, 6.07) is 3.28. The first-order chi connectivity index (χ1) is 10.1. The molecule has 114 valence electrons. The maximum atomic E-state index is 10.7. The standard InChI is InChI=1S/C16H18Cl2O3/c17-12-9-11(7-8-15(19)20)16(14(18)10-12)21-13-5-3-1-2-4-6-13/h7-10,13H,1-6H2,(H,19,20)/b8-7+. The molecule has 0 heterocycles. The lowest BCUT2D eigenvalue weighted by Crippen LogP contribution is -2.16. The van der Waals surface area contributed by atoms with Crippen molar-refractivity contribution >= 4 is 35.2 Å². The largest absolute Gasteiger partial charge is 0.488 e. The van der Waals surface area contributed by atoms with Gasteiger partial charge in [0.15, 0.2) is 0 Å². The van der Waals surface area contributed by atoms with E-state index >= 15 is 0 Å². The molecule has 1 fully saturated rings. The number of carboxylic acid groups (broad SMARTS) is 1. The Labute approximate surface area is 134 Å². The molecule has 3 nitrogen and oxygen atoms in total. The van der Waals surface area contributed by atoms with E-state index in [2.05, 4.69) is 0 Å². The molecule has 1 aliphatic rings. The molecule has 2 rings (SSSR count). The van der Waals surface area contributed by atoms with Crippen LogP contribution in [-0.2, 0) is 4.79 Å². The Morgan fingerprint density at radius 3 is 2.48 bits per heavy atom. The lowest BCUT2D eigenvalue weighted by atomic mass is 10.1. The molecule has 0 radical (unpaired) electrons. The van der Waals surface area contributed by atoms with Crippen molar-refractivity contribution in [3.63, 3.8) is 0 Å². The van der Waals surface area contributed by atoms with E-state index in [-0.39, 0.29) is 6.10 Å². The van der Waals surface area contributed by atoms with Crippen molar-refractivity contribution in [2.45, 2.75) is 44.6 Å². The van der Waals surface area contributed by atoms with Gasteiger partial charge in [-0.1, -0.05) is 36.0 Å². The summed E-state index contributed by atoms with van der Waals surface area (Å²) in [7, 11) is 0. The third-order valence-corrected chi connectivity index (χ3v) is 4.03. The second-order valence-corrected chi connectivity index (χ2v) is 6.05. The molecule has 0 amide bonds. The van der Waals surface area contributed by atoms with Gasteiger partial charge in [-0.2, -0.15) is 0 Å². The predicted octanol–water partition coefficient (Wildman–Crippen LogP) is 5.19. The number of ether oxygens (including phenoxy) is 1. The molecule has 1 saturated carbocycles. The lowest BCUT2D eigenvalue weighted by Gasteiger charge is -2.20. The van der Waals surface area contributed by atoms with E-state index in [4.69, 9.17) is 33.0 Å². The Morgan fingerprint density at radius 1 is 1.19 bits per heavy atom. The van der Waals surface area contributed by atoms with Crippen molar-refractivity contribution in [3.8, 4) is 5.75 Å². The van der Waals surface area contributed by atoms with Gasteiger partial charge in [0, 0.05) is 16.7 Å². The number of benzene rings is 1. The highest BCUT2D eigenvalue weighted by Gasteiger charge is 2.17. The minimum atomic E-state index is -1.02. The van der Waals surface area contributed by atoms with Crippen LogP contribution in [0.3, 0.4) is 0 Å². The summed E-state index contributed by atoms with van der Waals surface area (Å²) in [5.74, 6) is -0.503. The maximum Gasteiger partial charge on any atom is 0.328 e. The highest BCUT2D eigenvalue weighted by molar-refractivity contribution is 6.35. The molecule has 0 atom stereocenters. The van der Waals surface area contributed by atoms with Crippen LogP contribution >= 0.6 is 23.2 Å².